The summed E-state index contributed by atoms with van der Waals surface area (Å²) in [6, 6.07) is 8.31. The number of aryl methyl sites for hydroxylation is 1. The average molecular weight is 286 g/mol. The third kappa shape index (κ3) is 3.79. The summed E-state index contributed by atoms with van der Waals surface area (Å²) in [7, 11) is 0. The van der Waals surface area contributed by atoms with E-state index in [9.17, 15) is 0 Å². The Morgan fingerprint density at radius 1 is 1.24 bits per heavy atom. The number of hydrogen-bond donors (Lipinski definition) is 2. The van der Waals surface area contributed by atoms with Gasteiger partial charge in [0, 0.05) is 24.3 Å². The molecule has 0 radical (unpaired) electrons. The summed E-state index contributed by atoms with van der Waals surface area (Å²) in [5.41, 5.74) is 4.35. The van der Waals surface area contributed by atoms with Crippen LogP contribution in [0.2, 0.25) is 0 Å². The molecule has 1 aromatic carbocycles. The fourth-order valence-corrected chi connectivity index (χ4v) is 4.00. The quantitative estimate of drug-likeness (QED) is 0.869. The molecule has 0 bridgehead atoms. The van der Waals surface area contributed by atoms with Crippen LogP contribution in [0.5, 0.6) is 0 Å². The molecule has 3 unspecified atom stereocenters. The molecule has 3 rings (SSSR count). The van der Waals surface area contributed by atoms with Gasteiger partial charge in [0.25, 0.3) is 0 Å². The van der Waals surface area contributed by atoms with E-state index >= 15 is 0 Å². The molecule has 1 aliphatic heterocycles. The van der Waals surface area contributed by atoms with Crippen LogP contribution in [0.4, 0.5) is 5.69 Å². The predicted octanol–water partition coefficient (Wildman–Crippen LogP) is 4.14. The average Bonchev–Trinajstić information content (AvgIpc) is 2.49. The summed E-state index contributed by atoms with van der Waals surface area (Å²) in [6.07, 6.45) is 9.23. The van der Waals surface area contributed by atoms with Crippen LogP contribution in [-0.2, 0) is 12.8 Å². The smallest absolute Gasteiger partial charge is 0.0372 e. The summed E-state index contributed by atoms with van der Waals surface area (Å²) in [5.74, 6) is 0.842. The van der Waals surface area contributed by atoms with E-state index in [-0.39, 0.29) is 0 Å². The van der Waals surface area contributed by atoms with Gasteiger partial charge in [0.15, 0.2) is 0 Å². The minimum atomic E-state index is 0.574. The highest BCUT2D eigenvalue weighted by atomic mass is 15.0. The highest BCUT2D eigenvalue weighted by molar-refractivity contribution is 5.54. The normalized spacial score (nSPS) is 26.8. The fraction of sp³-hybridized carbons (Fsp3) is 0.684. The Morgan fingerprint density at radius 2 is 2.10 bits per heavy atom. The maximum absolute atomic E-state index is 3.88. The minimum absolute atomic E-state index is 0.574. The minimum Gasteiger partial charge on any atom is -0.385 e. The largest absolute Gasteiger partial charge is 0.385 e. The van der Waals surface area contributed by atoms with Gasteiger partial charge in [-0.25, -0.2) is 0 Å². The van der Waals surface area contributed by atoms with E-state index in [1.165, 1.54) is 55.3 Å². The maximum atomic E-state index is 3.88. The van der Waals surface area contributed by atoms with Crippen molar-refractivity contribution in [2.75, 3.05) is 11.9 Å². The van der Waals surface area contributed by atoms with Crippen LogP contribution in [0.3, 0.4) is 0 Å². The van der Waals surface area contributed by atoms with Gasteiger partial charge in [-0.1, -0.05) is 31.9 Å². The SMILES string of the molecule is CC(Cc1ccc2c(c1)CCCN2)NC1CCCCC1C. The lowest BCUT2D eigenvalue weighted by Crippen LogP contribution is -2.43. The molecule has 0 amide bonds. The number of nitrogens with one attached hydrogen (secondary N) is 2. The topological polar surface area (TPSA) is 24.1 Å². The van der Waals surface area contributed by atoms with Crippen molar-refractivity contribution in [1.29, 1.82) is 0 Å². The van der Waals surface area contributed by atoms with Crippen molar-refractivity contribution in [2.24, 2.45) is 5.92 Å². The van der Waals surface area contributed by atoms with E-state index < -0.39 is 0 Å². The molecule has 1 aromatic rings. The van der Waals surface area contributed by atoms with Crippen LogP contribution in [0, 0.1) is 5.92 Å². The van der Waals surface area contributed by atoms with Gasteiger partial charge in [0.05, 0.1) is 0 Å². The van der Waals surface area contributed by atoms with E-state index in [1.807, 2.05) is 0 Å². The van der Waals surface area contributed by atoms with Crippen molar-refractivity contribution in [2.45, 2.75) is 70.9 Å². The molecular formula is C19H30N2. The van der Waals surface area contributed by atoms with Crippen LogP contribution in [-0.4, -0.2) is 18.6 Å². The van der Waals surface area contributed by atoms with Gasteiger partial charge >= 0.3 is 0 Å². The number of benzene rings is 1. The Balaban J connectivity index is 1.58. The van der Waals surface area contributed by atoms with Crippen molar-refractivity contribution < 1.29 is 0 Å². The maximum Gasteiger partial charge on any atom is 0.0372 e. The molecule has 1 aliphatic carbocycles. The molecule has 21 heavy (non-hydrogen) atoms. The first-order valence-corrected chi connectivity index (χ1v) is 8.84. The first kappa shape index (κ1) is 14.9. The third-order valence-electron chi connectivity index (χ3n) is 5.26. The Hall–Kier alpha value is -1.02. The molecule has 3 atom stereocenters. The van der Waals surface area contributed by atoms with E-state index in [1.54, 1.807) is 0 Å². The molecule has 0 aromatic heterocycles. The second-order valence-electron chi connectivity index (χ2n) is 7.16. The van der Waals surface area contributed by atoms with Gasteiger partial charge in [0.2, 0.25) is 0 Å². The van der Waals surface area contributed by atoms with E-state index in [2.05, 4.69) is 42.7 Å². The Kier molecular flexibility index (Phi) is 4.84. The van der Waals surface area contributed by atoms with E-state index in [0.29, 0.717) is 6.04 Å². The summed E-state index contributed by atoms with van der Waals surface area (Å²) >= 11 is 0. The van der Waals surface area contributed by atoms with Crippen LogP contribution in [0.25, 0.3) is 0 Å². The molecule has 2 aliphatic rings. The number of hydrogen-bond acceptors (Lipinski definition) is 2. The van der Waals surface area contributed by atoms with Crippen molar-refractivity contribution in [3.63, 3.8) is 0 Å². The molecule has 2 heteroatoms. The second-order valence-corrected chi connectivity index (χ2v) is 7.16. The highest BCUT2D eigenvalue weighted by Crippen LogP contribution is 2.25. The second kappa shape index (κ2) is 6.83. The van der Waals surface area contributed by atoms with Gasteiger partial charge < -0.3 is 10.6 Å². The third-order valence-corrected chi connectivity index (χ3v) is 5.26. The van der Waals surface area contributed by atoms with Gasteiger partial charge in [-0.05, 0) is 62.1 Å². The first-order valence-electron chi connectivity index (χ1n) is 8.84. The zero-order valence-electron chi connectivity index (χ0n) is 13.6. The van der Waals surface area contributed by atoms with Crippen molar-refractivity contribution in [1.82, 2.24) is 5.32 Å². The zero-order valence-corrected chi connectivity index (χ0v) is 13.6. The van der Waals surface area contributed by atoms with Gasteiger partial charge in [-0.15, -0.1) is 0 Å². The van der Waals surface area contributed by atoms with Gasteiger partial charge in [0.1, 0.15) is 0 Å². The molecule has 0 spiro atoms. The Bertz CT molecular complexity index is 469. The summed E-state index contributed by atoms with van der Waals surface area (Å²) in [6.45, 7) is 5.89. The molecule has 0 saturated heterocycles. The molecular weight excluding hydrogens is 256 g/mol. The molecule has 1 saturated carbocycles. The monoisotopic (exact) mass is 286 g/mol. The van der Waals surface area contributed by atoms with Crippen LogP contribution in [0.1, 0.15) is 57.1 Å². The van der Waals surface area contributed by atoms with E-state index in [4.69, 9.17) is 0 Å². The zero-order chi connectivity index (χ0) is 14.7. The van der Waals surface area contributed by atoms with Crippen molar-refractivity contribution in [3.8, 4) is 0 Å². The molecule has 1 fully saturated rings. The first-order chi connectivity index (χ1) is 10.2. The fourth-order valence-electron chi connectivity index (χ4n) is 4.00. The molecule has 116 valence electrons. The van der Waals surface area contributed by atoms with Crippen molar-refractivity contribution in [3.05, 3.63) is 29.3 Å². The lowest BCUT2D eigenvalue weighted by molar-refractivity contribution is 0.262. The van der Waals surface area contributed by atoms with Crippen LogP contribution in [0.15, 0.2) is 18.2 Å². The lowest BCUT2D eigenvalue weighted by Gasteiger charge is -2.32. The van der Waals surface area contributed by atoms with Gasteiger partial charge in [-0.3, -0.25) is 0 Å². The van der Waals surface area contributed by atoms with Crippen LogP contribution >= 0.6 is 0 Å². The molecule has 2 N–H and O–H groups in total. The van der Waals surface area contributed by atoms with Crippen LogP contribution < -0.4 is 10.6 Å². The molecule has 1 heterocycles. The number of rotatable bonds is 4. The predicted molar refractivity (Wildman–Crippen MR) is 91.0 cm³/mol. The highest BCUT2D eigenvalue weighted by Gasteiger charge is 2.22. The summed E-state index contributed by atoms with van der Waals surface area (Å²) < 4.78 is 0. The molecule has 2 nitrogen and oxygen atoms in total. The summed E-state index contributed by atoms with van der Waals surface area (Å²) in [4.78, 5) is 0. The van der Waals surface area contributed by atoms with Crippen molar-refractivity contribution >= 4 is 5.69 Å². The lowest BCUT2D eigenvalue weighted by atomic mass is 9.85. The Labute approximate surface area is 129 Å². The van der Waals surface area contributed by atoms with Gasteiger partial charge in [-0.2, -0.15) is 0 Å². The number of anilines is 1. The Morgan fingerprint density at radius 3 is 2.95 bits per heavy atom. The standard InChI is InChI=1S/C19H30N2/c1-14-6-3-4-8-18(14)21-15(2)12-16-9-10-19-17(13-16)7-5-11-20-19/h9-10,13-15,18,20-21H,3-8,11-12H2,1-2H3. The van der Waals surface area contributed by atoms with E-state index in [0.717, 1.165) is 24.9 Å². The number of fused-ring (bicyclic) bond motifs is 1. The summed E-state index contributed by atoms with van der Waals surface area (Å²) in [5, 5.41) is 7.38.